The monoisotopic (exact) mass is 237 g/mol. The van der Waals surface area contributed by atoms with Gasteiger partial charge in [-0.05, 0) is 27.7 Å². The molecule has 0 unspecified atom stereocenters. The normalized spacial score (nSPS) is 11.5. The van der Waals surface area contributed by atoms with Crippen molar-refractivity contribution in [1.29, 1.82) is 0 Å². The number of nitrogen functional groups attached to an aromatic ring is 1. The second-order valence-corrected chi connectivity index (χ2v) is 4.69. The summed E-state index contributed by atoms with van der Waals surface area (Å²) in [4.78, 5) is 10.6. The van der Waals surface area contributed by atoms with Gasteiger partial charge in [0.15, 0.2) is 0 Å². The highest BCUT2D eigenvalue weighted by Gasteiger charge is 2.12. The summed E-state index contributed by atoms with van der Waals surface area (Å²) in [7, 11) is 0. The number of nitrogens with two attached hydrogens (primary N) is 1. The molecule has 0 aliphatic rings. The van der Waals surface area contributed by atoms with Crippen molar-refractivity contribution in [2.75, 3.05) is 24.1 Å². The van der Waals surface area contributed by atoms with Crippen LogP contribution in [0, 0.1) is 0 Å². The SMILES string of the molecule is CC(C)N(CCNc1ncc(N)cn1)C(C)C. The molecule has 5 nitrogen and oxygen atoms in total. The molecule has 0 radical (unpaired) electrons. The van der Waals surface area contributed by atoms with Gasteiger partial charge >= 0.3 is 0 Å². The Balaban J connectivity index is 2.38. The lowest BCUT2D eigenvalue weighted by atomic mass is 10.2. The molecule has 96 valence electrons. The van der Waals surface area contributed by atoms with E-state index in [2.05, 4.69) is 47.9 Å². The first-order chi connectivity index (χ1) is 8.00. The van der Waals surface area contributed by atoms with Gasteiger partial charge in [0, 0.05) is 25.2 Å². The molecule has 0 fully saturated rings. The van der Waals surface area contributed by atoms with E-state index in [0.717, 1.165) is 13.1 Å². The van der Waals surface area contributed by atoms with E-state index in [1.54, 1.807) is 12.4 Å². The molecule has 3 N–H and O–H groups in total. The van der Waals surface area contributed by atoms with E-state index in [-0.39, 0.29) is 0 Å². The van der Waals surface area contributed by atoms with Gasteiger partial charge in [0.05, 0.1) is 18.1 Å². The fraction of sp³-hybridized carbons (Fsp3) is 0.667. The average molecular weight is 237 g/mol. The van der Waals surface area contributed by atoms with Crippen molar-refractivity contribution in [1.82, 2.24) is 14.9 Å². The van der Waals surface area contributed by atoms with Gasteiger partial charge < -0.3 is 11.1 Å². The van der Waals surface area contributed by atoms with E-state index in [0.29, 0.717) is 23.7 Å². The number of hydrogen-bond acceptors (Lipinski definition) is 5. The first kappa shape index (κ1) is 13.7. The molecule has 1 rings (SSSR count). The van der Waals surface area contributed by atoms with E-state index in [1.807, 2.05) is 0 Å². The molecule has 17 heavy (non-hydrogen) atoms. The van der Waals surface area contributed by atoms with Crippen molar-refractivity contribution in [2.45, 2.75) is 39.8 Å². The molecule has 1 aromatic heterocycles. The minimum absolute atomic E-state index is 0.545. The van der Waals surface area contributed by atoms with Crippen LogP contribution in [0.3, 0.4) is 0 Å². The molecule has 0 bridgehead atoms. The van der Waals surface area contributed by atoms with Crippen LogP contribution < -0.4 is 11.1 Å². The molecule has 0 amide bonds. The summed E-state index contributed by atoms with van der Waals surface area (Å²) in [5, 5.41) is 3.19. The topological polar surface area (TPSA) is 67.1 Å². The molecule has 0 saturated carbocycles. The summed E-state index contributed by atoms with van der Waals surface area (Å²) in [6.07, 6.45) is 3.22. The molecule has 5 heteroatoms. The lowest BCUT2D eigenvalue weighted by Crippen LogP contribution is -2.40. The molecule has 0 atom stereocenters. The van der Waals surface area contributed by atoms with E-state index in [4.69, 9.17) is 5.73 Å². The van der Waals surface area contributed by atoms with Crippen molar-refractivity contribution in [3.05, 3.63) is 12.4 Å². The third-order valence-electron chi connectivity index (χ3n) is 2.65. The highest BCUT2D eigenvalue weighted by molar-refractivity contribution is 5.35. The van der Waals surface area contributed by atoms with Crippen LogP contribution in [0.4, 0.5) is 11.6 Å². The van der Waals surface area contributed by atoms with Crippen LogP contribution in [0.5, 0.6) is 0 Å². The van der Waals surface area contributed by atoms with Gasteiger partial charge in [-0.3, -0.25) is 4.90 Å². The van der Waals surface area contributed by atoms with Gasteiger partial charge in [0.1, 0.15) is 0 Å². The summed E-state index contributed by atoms with van der Waals surface area (Å²) in [6, 6.07) is 1.09. The molecular weight excluding hydrogens is 214 g/mol. The Morgan fingerprint density at radius 2 is 1.71 bits per heavy atom. The van der Waals surface area contributed by atoms with Crippen LogP contribution in [0.15, 0.2) is 12.4 Å². The summed E-state index contributed by atoms with van der Waals surface area (Å²) in [5.41, 5.74) is 6.11. The lowest BCUT2D eigenvalue weighted by molar-refractivity contribution is 0.182. The largest absolute Gasteiger partial charge is 0.396 e. The van der Waals surface area contributed by atoms with E-state index >= 15 is 0 Å². The highest BCUT2D eigenvalue weighted by atomic mass is 15.2. The Hall–Kier alpha value is -1.36. The molecule has 1 heterocycles. The fourth-order valence-electron chi connectivity index (χ4n) is 1.84. The van der Waals surface area contributed by atoms with Gasteiger partial charge in [-0.15, -0.1) is 0 Å². The minimum Gasteiger partial charge on any atom is -0.396 e. The standard InChI is InChI=1S/C12H23N5/c1-9(2)17(10(3)4)6-5-14-12-15-7-11(13)8-16-12/h7-10H,5-6,13H2,1-4H3,(H,14,15,16). The number of anilines is 2. The van der Waals surface area contributed by atoms with Gasteiger partial charge in [0.25, 0.3) is 0 Å². The Labute approximate surface area is 103 Å². The maximum absolute atomic E-state index is 5.52. The van der Waals surface area contributed by atoms with Gasteiger partial charge in [-0.1, -0.05) is 0 Å². The maximum atomic E-state index is 5.52. The second kappa shape index (κ2) is 6.39. The lowest BCUT2D eigenvalue weighted by Gasteiger charge is -2.30. The van der Waals surface area contributed by atoms with Gasteiger partial charge in [-0.2, -0.15) is 0 Å². The zero-order valence-corrected chi connectivity index (χ0v) is 11.1. The number of nitrogens with one attached hydrogen (secondary N) is 1. The van der Waals surface area contributed by atoms with Crippen molar-refractivity contribution in [3.8, 4) is 0 Å². The van der Waals surface area contributed by atoms with Crippen LogP contribution in [0.25, 0.3) is 0 Å². The van der Waals surface area contributed by atoms with Crippen molar-refractivity contribution < 1.29 is 0 Å². The average Bonchev–Trinajstić information content (AvgIpc) is 2.25. The first-order valence-corrected chi connectivity index (χ1v) is 6.08. The Morgan fingerprint density at radius 3 is 2.18 bits per heavy atom. The maximum Gasteiger partial charge on any atom is 0.222 e. The van der Waals surface area contributed by atoms with Crippen molar-refractivity contribution >= 4 is 11.6 Å². The summed E-state index contributed by atoms with van der Waals surface area (Å²) < 4.78 is 0. The molecule has 0 aliphatic carbocycles. The quantitative estimate of drug-likeness (QED) is 0.786. The van der Waals surface area contributed by atoms with Crippen molar-refractivity contribution in [2.24, 2.45) is 0 Å². The van der Waals surface area contributed by atoms with E-state index < -0.39 is 0 Å². The molecule has 1 aromatic rings. The number of hydrogen-bond donors (Lipinski definition) is 2. The Kier molecular flexibility index (Phi) is 5.15. The Bertz CT molecular complexity index is 312. The van der Waals surface area contributed by atoms with Crippen LogP contribution in [-0.2, 0) is 0 Å². The number of aromatic nitrogens is 2. The summed E-state index contributed by atoms with van der Waals surface area (Å²) in [5.74, 6) is 0.631. The smallest absolute Gasteiger partial charge is 0.222 e. The molecule has 0 saturated heterocycles. The van der Waals surface area contributed by atoms with Gasteiger partial charge in [-0.25, -0.2) is 9.97 Å². The predicted octanol–water partition coefficient (Wildman–Crippen LogP) is 1.59. The summed E-state index contributed by atoms with van der Waals surface area (Å²) in [6.45, 7) is 10.6. The van der Waals surface area contributed by atoms with E-state index in [9.17, 15) is 0 Å². The van der Waals surface area contributed by atoms with Crippen LogP contribution in [0.1, 0.15) is 27.7 Å². The Morgan fingerprint density at radius 1 is 1.18 bits per heavy atom. The number of rotatable bonds is 6. The molecule has 0 aromatic carbocycles. The fourth-order valence-corrected chi connectivity index (χ4v) is 1.84. The zero-order valence-electron chi connectivity index (χ0n) is 11.1. The van der Waals surface area contributed by atoms with Crippen molar-refractivity contribution in [3.63, 3.8) is 0 Å². The van der Waals surface area contributed by atoms with Gasteiger partial charge in [0.2, 0.25) is 5.95 Å². The van der Waals surface area contributed by atoms with Crippen LogP contribution in [-0.4, -0.2) is 40.0 Å². The molecular formula is C12H23N5. The third-order valence-corrected chi connectivity index (χ3v) is 2.65. The van der Waals surface area contributed by atoms with Crippen LogP contribution in [0.2, 0.25) is 0 Å². The molecule has 0 aliphatic heterocycles. The highest BCUT2D eigenvalue weighted by Crippen LogP contribution is 2.05. The third kappa shape index (κ3) is 4.56. The van der Waals surface area contributed by atoms with E-state index in [1.165, 1.54) is 0 Å². The minimum atomic E-state index is 0.545. The molecule has 0 spiro atoms. The predicted molar refractivity (Wildman–Crippen MR) is 71.9 cm³/mol. The zero-order chi connectivity index (χ0) is 12.8. The summed E-state index contributed by atoms with van der Waals surface area (Å²) >= 11 is 0. The van der Waals surface area contributed by atoms with Crippen LogP contribution >= 0.6 is 0 Å². The first-order valence-electron chi connectivity index (χ1n) is 6.08. The second-order valence-electron chi connectivity index (χ2n) is 4.69. The number of nitrogens with zero attached hydrogens (tertiary/aromatic N) is 3.